The Balaban J connectivity index is 0.00000306. The molecule has 2 fully saturated rings. The SMILES string of the molecule is CCCCOc1nc(N)c2c(n1)N(CCCCC1CCCN(CC3CCCC3)C1)C(=O)C2.Cl. The van der Waals surface area contributed by atoms with Crippen LogP contribution in [0.3, 0.4) is 0 Å². The van der Waals surface area contributed by atoms with Crippen LogP contribution in [0.4, 0.5) is 11.6 Å². The van der Waals surface area contributed by atoms with Crippen LogP contribution in [0.5, 0.6) is 6.01 Å². The van der Waals surface area contributed by atoms with Gasteiger partial charge in [0.05, 0.1) is 13.0 Å². The zero-order valence-electron chi connectivity index (χ0n) is 20.3. The summed E-state index contributed by atoms with van der Waals surface area (Å²) in [5.41, 5.74) is 6.87. The molecule has 1 atom stereocenters. The van der Waals surface area contributed by atoms with E-state index in [1.165, 1.54) is 64.6 Å². The van der Waals surface area contributed by atoms with Gasteiger partial charge in [-0.05, 0) is 63.3 Å². The fourth-order valence-corrected chi connectivity index (χ4v) is 5.64. The van der Waals surface area contributed by atoms with E-state index in [4.69, 9.17) is 10.5 Å². The van der Waals surface area contributed by atoms with Gasteiger partial charge in [0.15, 0.2) is 0 Å². The maximum Gasteiger partial charge on any atom is 0.320 e. The molecule has 0 aromatic carbocycles. The van der Waals surface area contributed by atoms with E-state index in [1.54, 1.807) is 4.90 Å². The second-order valence-electron chi connectivity index (χ2n) is 10.0. The lowest BCUT2D eigenvalue weighted by molar-refractivity contribution is -0.117. The molecule has 0 bridgehead atoms. The van der Waals surface area contributed by atoms with Crippen molar-refractivity contribution in [2.75, 3.05) is 43.4 Å². The van der Waals surface area contributed by atoms with E-state index in [-0.39, 0.29) is 18.3 Å². The third-order valence-corrected chi connectivity index (χ3v) is 7.45. The van der Waals surface area contributed by atoms with Crippen LogP contribution in [-0.2, 0) is 11.2 Å². The number of nitrogens with two attached hydrogens (primary N) is 1. The van der Waals surface area contributed by atoms with Crippen LogP contribution >= 0.6 is 12.4 Å². The molecule has 0 radical (unpaired) electrons. The molecule has 3 heterocycles. The third-order valence-electron chi connectivity index (χ3n) is 7.45. The van der Waals surface area contributed by atoms with Gasteiger partial charge in [-0.1, -0.05) is 32.6 Å². The van der Waals surface area contributed by atoms with Gasteiger partial charge in [-0.3, -0.25) is 9.69 Å². The highest BCUT2D eigenvalue weighted by molar-refractivity contribution is 6.01. The number of halogens is 1. The zero-order valence-corrected chi connectivity index (χ0v) is 21.1. The number of amides is 1. The molecule has 1 saturated heterocycles. The lowest BCUT2D eigenvalue weighted by Crippen LogP contribution is -2.38. The molecule has 8 heteroatoms. The Morgan fingerprint density at radius 3 is 2.64 bits per heavy atom. The molecular formula is C25H42ClN5O2. The Hall–Kier alpha value is -1.60. The number of likely N-dealkylation sites (tertiary alicyclic amines) is 1. The predicted molar refractivity (Wildman–Crippen MR) is 135 cm³/mol. The van der Waals surface area contributed by atoms with E-state index >= 15 is 0 Å². The van der Waals surface area contributed by atoms with E-state index in [1.807, 2.05) is 0 Å². The number of ether oxygens (including phenoxy) is 1. The standard InChI is InChI=1S/C25H41N5O2.ClH/c1-2-3-15-32-25-27-23(26)21-16-22(31)30(24(21)28-25)14-7-6-11-20-12-8-13-29(18-20)17-19-9-4-5-10-19;/h19-20H,2-18H2,1H3,(H2,26,27,28);1H. The Morgan fingerprint density at radius 1 is 1.06 bits per heavy atom. The Labute approximate surface area is 205 Å². The van der Waals surface area contributed by atoms with Crippen LogP contribution < -0.4 is 15.4 Å². The number of fused-ring (bicyclic) bond motifs is 1. The van der Waals surface area contributed by atoms with Crippen LogP contribution in [-0.4, -0.2) is 53.6 Å². The molecule has 0 spiro atoms. The molecule has 1 saturated carbocycles. The Bertz CT molecular complexity index is 771. The normalized spacial score (nSPS) is 21.3. The van der Waals surface area contributed by atoms with E-state index in [9.17, 15) is 4.79 Å². The molecule has 7 nitrogen and oxygen atoms in total. The highest BCUT2D eigenvalue weighted by Gasteiger charge is 2.32. The third kappa shape index (κ3) is 6.95. The molecule has 2 aliphatic heterocycles. The summed E-state index contributed by atoms with van der Waals surface area (Å²) in [6, 6.07) is 0.291. The highest BCUT2D eigenvalue weighted by Crippen LogP contribution is 2.33. The second kappa shape index (κ2) is 12.7. The van der Waals surface area contributed by atoms with Crippen LogP contribution in [0.25, 0.3) is 0 Å². The number of unbranched alkanes of at least 4 members (excludes halogenated alkanes) is 2. The van der Waals surface area contributed by atoms with E-state index in [2.05, 4.69) is 21.8 Å². The molecule has 1 unspecified atom stereocenters. The first kappa shape index (κ1) is 26.0. The first-order valence-electron chi connectivity index (χ1n) is 13.0. The summed E-state index contributed by atoms with van der Waals surface area (Å²) in [5, 5.41) is 0. The molecule has 1 aliphatic carbocycles. The first-order valence-corrected chi connectivity index (χ1v) is 13.0. The Kier molecular flexibility index (Phi) is 10.0. The smallest absolute Gasteiger partial charge is 0.320 e. The number of nitrogens with zero attached hydrogens (tertiary/aromatic N) is 4. The number of hydrogen-bond acceptors (Lipinski definition) is 6. The number of carbonyl (C=O) groups excluding carboxylic acids is 1. The van der Waals surface area contributed by atoms with Crippen molar-refractivity contribution in [3.8, 4) is 6.01 Å². The van der Waals surface area contributed by atoms with Crippen molar-refractivity contribution in [1.29, 1.82) is 0 Å². The van der Waals surface area contributed by atoms with Gasteiger partial charge < -0.3 is 15.4 Å². The number of hydrogen-bond donors (Lipinski definition) is 1. The van der Waals surface area contributed by atoms with Gasteiger partial charge in [-0.15, -0.1) is 12.4 Å². The molecular weight excluding hydrogens is 438 g/mol. The molecule has 1 aromatic heterocycles. The molecule has 1 aromatic rings. The van der Waals surface area contributed by atoms with Crippen LogP contribution in [0.15, 0.2) is 0 Å². The summed E-state index contributed by atoms with van der Waals surface area (Å²) >= 11 is 0. The maximum atomic E-state index is 12.6. The number of anilines is 2. The fraction of sp³-hybridized carbons (Fsp3) is 0.800. The van der Waals surface area contributed by atoms with Gasteiger partial charge in [0, 0.05) is 25.2 Å². The Morgan fingerprint density at radius 2 is 1.85 bits per heavy atom. The first-order chi connectivity index (χ1) is 15.6. The van der Waals surface area contributed by atoms with Crippen LogP contribution in [0.1, 0.15) is 83.1 Å². The number of nitrogen functional groups attached to an aromatic ring is 1. The molecule has 33 heavy (non-hydrogen) atoms. The van der Waals surface area contributed by atoms with E-state index in [0.29, 0.717) is 37.2 Å². The topological polar surface area (TPSA) is 84.6 Å². The van der Waals surface area contributed by atoms with Crippen molar-refractivity contribution in [3.63, 3.8) is 0 Å². The quantitative estimate of drug-likeness (QED) is 0.466. The highest BCUT2D eigenvalue weighted by atomic mass is 35.5. The van der Waals surface area contributed by atoms with Crippen molar-refractivity contribution < 1.29 is 9.53 Å². The summed E-state index contributed by atoms with van der Waals surface area (Å²) in [7, 11) is 0. The molecule has 4 rings (SSSR count). The average Bonchev–Trinajstić information content (AvgIpc) is 3.40. The minimum absolute atomic E-state index is 0. The monoisotopic (exact) mass is 479 g/mol. The van der Waals surface area contributed by atoms with Gasteiger partial charge in [0.25, 0.3) is 0 Å². The molecule has 1 amide bonds. The van der Waals surface area contributed by atoms with Gasteiger partial charge in [0.2, 0.25) is 5.91 Å². The van der Waals surface area contributed by atoms with Gasteiger partial charge in [0.1, 0.15) is 11.6 Å². The van der Waals surface area contributed by atoms with Gasteiger partial charge >= 0.3 is 6.01 Å². The molecule has 186 valence electrons. The van der Waals surface area contributed by atoms with E-state index < -0.39 is 0 Å². The number of carbonyl (C=O) groups is 1. The van der Waals surface area contributed by atoms with Crippen molar-refractivity contribution in [1.82, 2.24) is 14.9 Å². The minimum atomic E-state index is 0. The fourth-order valence-electron chi connectivity index (χ4n) is 5.64. The van der Waals surface area contributed by atoms with Gasteiger partial charge in [-0.2, -0.15) is 9.97 Å². The summed E-state index contributed by atoms with van der Waals surface area (Å²) < 4.78 is 5.65. The predicted octanol–water partition coefficient (Wildman–Crippen LogP) is 4.62. The average molecular weight is 480 g/mol. The van der Waals surface area contributed by atoms with Crippen LogP contribution in [0.2, 0.25) is 0 Å². The largest absolute Gasteiger partial charge is 0.463 e. The van der Waals surface area contributed by atoms with E-state index in [0.717, 1.165) is 43.1 Å². The number of piperidine rings is 1. The second-order valence-corrected chi connectivity index (χ2v) is 10.0. The molecule has 2 N–H and O–H groups in total. The lowest BCUT2D eigenvalue weighted by atomic mass is 9.92. The van der Waals surface area contributed by atoms with Crippen molar-refractivity contribution in [3.05, 3.63) is 5.56 Å². The molecule has 3 aliphatic rings. The minimum Gasteiger partial charge on any atom is -0.463 e. The number of aromatic nitrogens is 2. The number of rotatable bonds is 11. The van der Waals surface area contributed by atoms with Crippen molar-refractivity contribution >= 4 is 29.9 Å². The summed E-state index contributed by atoms with van der Waals surface area (Å²) in [6.45, 7) is 7.26. The van der Waals surface area contributed by atoms with Crippen LogP contribution in [0, 0.1) is 11.8 Å². The van der Waals surface area contributed by atoms with Crippen molar-refractivity contribution in [2.45, 2.75) is 84.0 Å². The maximum absolute atomic E-state index is 12.6. The zero-order chi connectivity index (χ0) is 22.3. The summed E-state index contributed by atoms with van der Waals surface area (Å²) in [4.78, 5) is 25.9. The summed E-state index contributed by atoms with van der Waals surface area (Å²) in [6.07, 6.45) is 14.1. The summed E-state index contributed by atoms with van der Waals surface area (Å²) in [5.74, 6) is 2.87. The van der Waals surface area contributed by atoms with Gasteiger partial charge in [-0.25, -0.2) is 0 Å². The lowest BCUT2D eigenvalue weighted by Gasteiger charge is -2.34. The van der Waals surface area contributed by atoms with Crippen molar-refractivity contribution in [2.24, 2.45) is 11.8 Å².